The maximum Gasteiger partial charge on any atom is 0.244 e. The van der Waals surface area contributed by atoms with Gasteiger partial charge in [0.2, 0.25) is 10.0 Å². The minimum absolute atomic E-state index is 0.0281. The molecule has 1 aliphatic rings. The molecule has 2 aromatic rings. The van der Waals surface area contributed by atoms with E-state index in [9.17, 15) is 8.42 Å². The highest BCUT2D eigenvalue weighted by Gasteiger charge is 2.32. The lowest BCUT2D eigenvalue weighted by Crippen LogP contribution is -2.42. The van der Waals surface area contributed by atoms with Crippen LogP contribution in [0.1, 0.15) is 11.7 Å². The molecule has 2 aromatic carbocycles. The van der Waals surface area contributed by atoms with Crippen LogP contribution in [0.4, 0.5) is 0 Å². The zero-order valence-electron chi connectivity index (χ0n) is 12.2. The van der Waals surface area contributed by atoms with E-state index >= 15 is 0 Å². The summed E-state index contributed by atoms with van der Waals surface area (Å²) >= 11 is 12.0. The van der Waals surface area contributed by atoms with Crippen molar-refractivity contribution in [2.45, 2.75) is 11.0 Å². The van der Waals surface area contributed by atoms with E-state index in [1.165, 1.54) is 16.4 Å². The molecule has 122 valence electrons. The van der Waals surface area contributed by atoms with Crippen molar-refractivity contribution in [3.8, 4) is 0 Å². The lowest BCUT2D eigenvalue weighted by Gasteiger charge is -2.32. The molecule has 1 heterocycles. The van der Waals surface area contributed by atoms with Gasteiger partial charge in [-0.25, -0.2) is 8.42 Å². The van der Waals surface area contributed by atoms with Crippen molar-refractivity contribution in [3.63, 3.8) is 0 Å². The van der Waals surface area contributed by atoms with E-state index in [4.69, 9.17) is 27.9 Å². The molecule has 0 aliphatic carbocycles. The second-order valence-corrected chi connectivity index (χ2v) is 7.96. The van der Waals surface area contributed by atoms with E-state index in [0.29, 0.717) is 11.6 Å². The molecular weight excluding hydrogens is 357 g/mol. The predicted octanol–water partition coefficient (Wildman–Crippen LogP) is 3.76. The Balaban J connectivity index is 1.90. The average molecular weight is 372 g/mol. The molecule has 0 saturated carbocycles. The van der Waals surface area contributed by atoms with Crippen LogP contribution in [-0.4, -0.2) is 32.4 Å². The van der Waals surface area contributed by atoms with Gasteiger partial charge in [0.25, 0.3) is 0 Å². The standard InChI is InChI=1S/C16H15Cl2NO3S/c17-13-6-7-14(18)16(10-13)23(20,21)19-8-9-22-15(11-19)12-4-2-1-3-5-12/h1-7,10,15H,8-9,11H2/t15-/m0/s1. The predicted molar refractivity (Wildman–Crippen MR) is 90.4 cm³/mol. The second-order valence-electron chi connectivity index (χ2n) is 5.21. The summed E-state index contributed by atoms with van der Waals surface area (Å²) in [6, 6.07) is 14.0. The Morgan fingerprint density at radius 1 is 1.09 bits per heavy atom. The van der Waals surface area contributed by atoms with Gasteiger partial charge in [0.15, 0.2) is 0 Å². The highest BCUT2D eigenvalue weighted by molar-refractivity contribution is 7.89. The van der Waals surface area contributed by atoms with Crippen LogP contribution in [0.2, 0.25) is 10.0 Å². The van der Waals surface area contributed by atoms with Crippen molar-refractivity contribution < 1.29 is 13.2 Å². The third-order valence-electron chi connectivity index (χ3n) is 3.71. The van der Waals surface area contributed by atoms with Crippen molar-refractivity contribution in [2.24, 2.45) is 0 Å². The van der Waals surface area contributed by atoms with E-state index in [-0.39, 0.29) is 29.1 Å². The summed E-state index contributed by atoms with van der Waals surface area (Å²) in [5, 5.41) is 0.498. The van der Waals surface area contributed by atoms with Gasteiger partial charge in [-0.15, -0.1) is 0 Å². The van der Waals surface area contributed by atoms with Crippen molar-refractivity contribution in [1.82, 2.24) is 4.31 Å². The number of halogens is 2. The molecule has 0 aromatic heterocycles. The molecule has 3 rings (SSSR count). The smallest absolute Gasteiger partial charge is 0.244 e. The summed E-state index contributed by atoms with van der Waals surface area (Å²) in [5.74, 6) is 0. The molecule has 0 spiro atoms. The zero-order valence-corrected chi connectivity index (χ0v) is 14.5. The number of rotatable bonds is 3. The lowest BCUT2D eigenvalue weighted by atomic mass is 10.1. The quantitative estimate of drug-likeness (QED) is 0.824. The van der Waals surface area contributed by atoms with Crippen molar-refractivity contribution >= 4 is 33.2 Å². The Kier molecular flexibility index (Phi) is 4.94. The highest BCUT2D eigenvalue weighted by Crippen LogP contribution is 2.31. The summed E-state index contributed by atoms with van der Waals surface area (Å²) in [7, 11) is -3.72. The highest BCUT2D eigenvalue weighted by atomic mass is 35.5. The third kappa shape index (κ3) is 3.54. The van der Waals surface area contributed by atoms with Crippen LogP contribution in [0, 0.1) is 0 Å². The molecule has 4 nitrogen and oxygen atoms in total. The molecule has 0 amide bonds. The van der Waals surface area contributed by atoms with Gasteiger partial charge in [0.1, 0.15) is 4.90 Å². The fourth-order valence-electron chi connectivity index (χ4n) is 2.53. The van der Waals surface area contributed by atoms with Crippen molar-refractivity contribution in [1.29, 1.82) is 0 Å². The van der Waals surface area contributed by atoms with Gasteiger partial charge in [-0.05, 0) is 23.8 Å². The molecule has 1 aliphatic heterocycles. The molecule has 0 N–H and O–H groups in total. The van der Waals surface area contributed by atoms with E-state index in [0.717, 1.165) is 5.56 Å². The van der Waals surface area contributed by atoms with E-state index in [2.05, 4.69) is 0 Å². The molecule has 23 heavy (non-hydrogen) atoms. The molecule has 1 atom stereocenters. The molecule has 7 heteroatoms. The van der Waals surface area contributed by atoms with Crippen LogP contribution in [-0.2, 0) is 14.8 Å². The topological polar surface area (TPSA) is 46.6 Å². The number of morpholine rings is 1. The lowest BCUT2D eigenvalue weighted by molar-refractivity contribution is -0.00255. The van der Waals surface area contributed by atoms with E-state index < -0.39 is 10.0 Å². The summed E-state index contributed by atoms with van der Waals surface area (Å²) in [6.45, 7) is 0.862. The number of hydrogen-bond acceptors (Lipinski definition) is 3. The number of ether oxygens (including phenoxy) is 1. The molecule has 0 radical (unpaired) electrons. The Hall–Kier alpha value is -1.11. The summed E-state index contributed by atoms with van der Waals surface area (Å²) < 4.78 is 32.8. The monoisotopic (exact) mass is 371 g/mol. The fraction of sp³-hybridized carbons (Fsp3) is 0.250. The maximum atomic E-state index is 12.9. The number of hydrogen-bond donors (Lipinski definition) is 0. The van der Waals surface area contributed by atoms with Gasteiger partial charge in [0, 0.05) is 18.1 Å². The normalized spacial score (nSPS) is 19.7. The fourth-order valence-corrected chi connectivity index (χ4v) is 4.69. The Morgan fingerprint density at radius 2 is 1.83 bits per heavy atom. The number of nitrogens with zero attached hydrogens (tertiary/aromatic N) is 1. The molecular formula is C16H15Cl2NO3S. The van der Waals surface area contributed by atoms with Crippen LogP contribution in [0.3, 0.4) is 0 Å². The van der Waals surface area contributed by atoms with Crippen molar-refractivity contribution in [3.05, 3.63) is 64.1 Å². The first-order valence-corrected chi connectivity index (χ1v) is 9.30. The summed E-state index contributed by atoms with van der Waals surface area (Å²) in [5.41, 5.74) is 0.949. The molecule has 1 fully saturated rings. The van der Waals surface area contributed by atoms with Gasteiger partial charge in [0.05, 0.1) is 17.7 Å². The third-order valence-corrected chi connectivity index (χ3v) is 6.29. The number of benzene rings is 2. The van der Waals surface area contributed by atoms with Crippen LogP contribution in [0.25, 0.3) is 0 Å². The minimum atomic E-state index is -3.72. The Labute approximate surface area is 145 Å². The first-order valence-electron chi connectivity index (χ1n) is 7.10. The SMILES string of the molecule is O=S(=O)(c1cc(Cl)ccc1Cl)N1CCO[C@H](c2ccccc2)C1. The summed E-state index contributed by atoms with van der Waals surface area (Å²) in [6.07, 6.45) is -0.294. The summed E-state index contributed by atoms with van der Waals surface area (Å²) in [4.78, 5) is 0.0281. The van der Waals surface area contributed by atoms with Crippen LogP contribution in [0.15, 0.2) is 53.4 Å². The van der Waals surface area contributed by atoms with E-state index in [1.54, 1.807) is 6.07 Å². The van der Waals surface area contributed by atoms with Crippen LogP contribution < -0.4 is 0 Å². The number of sulfonamides is 1. The van der Waals surface area contributed by atoms with Gasteiger partial charge < -0.3 is 4.74 Å². The van der Waals surface area contributed by atoms with Gasteiger partial charge in [-0.1, -0.05) is 53.5 Å². The Morgan fingerprint density at radius 3 is 2.57 bits per heavy atom. The molecule has 1 saturated heterocycles. The van der Waals surface area contributed by atoms with E-state index in [1.807, 2.05) is 30.3 Å². The maximum absolute atomic E-state index is 12.9. The van der Waals surface area contributed by atoms with Crippen molar-refractivity contribution in [2.75, 3.05) is 19.7 Å². The Bertz CT molecular complexity index is 796. The zero-order chi connectivity index (χ0) is 16.4. The van der Waals surface area contributed by atoms with Gasteiger partial charge >= 0.3 is 0 Å². The largest absolute Gasteiger partial charge is 0.371 e. The van der Waals surface area contributed by atoms with Gasteiger partial charge in [-0.3, -0.25) is 0 Å². The second kappa shape index (κ2) is 6.79. The van der Waals surface area contributed by atoms with Crippen LogP contribution >= 0.6 is 23.2 Å². The molecule has 0 bridgehead atoms. The first-order chi connectivity index (χ1) is 11.0. The van der Waals surface area contributed by atoms with Gasteiger partial charge in [-0.2, -0.15) is 4.31 Å². The molecule has 0 unspecified atom stereocenters. The van der Waals surface area contributed by atoms with Crippen LogP contribution in [0.5, 0.6) is 0 Å². The average Bonchev–Trinajstić information content (AvgIpc) is 2.58. The first kappa shape index (κ1) is 16.7. The minimum Gasteiger partial charge on any atom is -0.371 e.